The smallest absolute Gasteiger partial charge is 0.253 e. The van der Waals surface area contributed by atoms with Crippen LogP contribution in [0.1, 0.15) is 206 Å². The molecule has 2 aliphatic rings. The van der Waals surface area contributed by atoms with E-state index >= 15 is 0 Å². The van der Waals surface area contributed by atoms with E-state index in [9.17, 15) is 14.4 Å². The summed E-state index contributed by atoms with van der Waals surface area (Å²) < 4.78 is 0. The van der Waals surface area contributed by atoms with Crippen LogP contribution in [0.25, 0.3) is 0 Å². The first kappa shape index (κ1) is 46.8. The molecule has 2 unspecified atom stereocenters. The van der Waals surface area contributed by atoms with Crippen LogP contribution in [0.3, 0.4) is 0 Å². The van der Waals surface area contributed by atoms with Crippen molar-refractivity contribution < 1.29 is 19.9 Å². The number of rotatable bonds is 35. The lowest BCUT2D eigenvalue weighted by molar-refractivity contribution is -0.136. The third-order valence-electron chi connectivity index (χ3n) is 11.4. The highest BCUT2D eigenvalue weighted by atomic mass is 16.2. The van der Waals surface area contributed by atoms with E-state index in [-0.39, 0.29) is 23.2 Å². The van der Waals surface area contributed by atoms with Crippen LogP contribution in [0.4, 0.5) is 0 Å². The predicted molar refractivity (Wildman–Crippen MR) is 216 cm³/mol. The number of amides is 3. The van der Waals surface area contributed by atoms with Gasteiger partial charge < -0.3 is 10.4 Å². The fourth-order valence-electron chi connectivity index (χ4n) is 8.12. The molecule has 6 heteroatoms. The average molecular weight is 713 g/mol. The minimum atomic E-state index is -0.148. The minimum Gasteiger partial charge on any atom is -0.412 e. The minimum absolute atomic E-state index is 0. The Bertz CT molecular complexity index is 875. The first-order chi connectivity index (χ1) is 24.5. The number of hydrogen-bond donors (Lipinski definition) is 0. The standard InChI is InChI=1S/C45H78N2O3.H2O/c1-4-6-8-10-18-24-30-41(32-26-20-14-12-16-22-28-38-46-40(3)34-35-43(46)48)42(31-25-19-11-9-7-5-2)33-27-21-15-13-17-23-29-39-47-44(49)36-37-45(47)50;/h34-37,41-42H,3-33,38-39H2,1-2H3;1H2. The molecule has 6 nitrogen and oxygen atoms in total. The summed E-state index contributed by atoms with van der Waals surface area (Å²) in [5.74, 6) is 1.61. The largest absolute Gasteiger partial charge is 0.412 e. The number of hydrogen-bond acceptors (Lipinski definition) is 3. The fourth-order valence-corrected chi connectivity index (χ4v) is 8.12. The van der Waals surface area contributed by atoms with E-state index in [0.717, 1.165) is 43.3 Å². The van der Waals surface area contributed by atoms with Gasteiger partial charge in [0.2, 0.25) is 0 Å². The highest BCUT2D eigenvalue weighted by molar-refractivity contribution is 6.12. The summed E-state index contributed by atoms with van der Waals surface area (Å²) in [6, 6.07) is 0. The zero-order chi connectivity index (χ0) is 36.1. The van der Waals surface area contributed by atoms with Gasteiger partial charge in [0.15, 0.2) is 0 Å². The lowest BCUT2D eigenvalue weighted by Crippen LogP contribution is -2.30. The Morgan fingerprint density at radius 3 is 1.02 bits per heavy atom. The summed E-state index contributed by atoms with van der Waals surface area (Å²) in [4.78, 5) is 38.6. The normalized spacial score (nSPS) is 15.4. The van der Waals surface area contributed by atoms with Crippen molar-refractivity contribution in [3.05, 3.63) is 36.6 Å². The summed E-state index contributed by atoms with van der Waals surface area (Å²) in [7, 11) is 0. The molecule has 0 aromatic heterocycles. The number of allylic oxidation sites excluding steroid dienone is 1. The van der Waals surface area contributed by atoms with Gasteiger partial charge in [0.1, 0.15) is 0 Å². The molecule has 0 bridgehead atoms. The molecule has 51 heavy (non-hydrogen) atoms. The molecule has 294 valence electrons. The van der Waals surface area contributed by atoms with Crippen LogP contribution in [0.2, 0.25) is 0 Å². The summed E-state index contributed by atoms with van der Waals surface area (Å²) in [5.41, 5.74) is 0.845. The molecule has 2 aliphatic heterocycles. The van der Waals surface area contributed by atoms with E-state index in [0.29, 0.717) is 6.54 Å². The van der Waals surface area contributed by atoms with Crippen molar-refractivity contribution in [1.82, 2.24) is 9.80 Å². The lowest BCUT2D eigenvalue weighted by atomic mass is 9.78. The van der Waals surface area contributed by atoms with Gasteiger partial charge in [0.05, 0.1) is 0 Å². The predicted octanol–water partition coefficient (Wildman–Crippen LogP) is 12.0. The maximum Gasteiger partial charge on any atom is 0.253 e. The number of imide groups is 1. The maximum absolute atomic E-state index is 11.9. The highest BCUT2D eigenvalue weighted by Crippen LogP contribution is 2.34. The molecule has 2 rings (SSSR count). The molecule has 3 amide bonds. The number of carbonyl (C=O) groups is 3. The zero-order valence-electron chi connectivity index (χ0n) is 33.4. The van der Waals surface area contributed by atoms with Crippen molar-refractivity contribution >= 4 is 17.7 Å². The van der Waals surface area contributed by atoms with Gasteiger partial charge in [0, 0.05) is 37.0 Å². The van der Waals surface area contributed by atoms with Gasteiger partial charge in [-0.1, -0.05) is 200 Å². The van der Waals surface area contributed by atoms with Gasteiger partial charge >= 0.3 is 0 Å². The van der Waals surface area contributed by atoms with E-state index in [1.165, 1.54) is 190 Å². The van der Waals surface area contributed by atoms with Gasteiger partial charge in [-0.25, -0.2) is 0 Å². The van der Waals surface area contributed by atoms with Crippen LogP contribution >= 0.6 is 0 Å². The zero-order valence-corrected chi connectivity index (χ0v) is 33.4. The van der Waals surface area contributed by atoms with Crippen molar-refractivity contribution in [3.63, 3.8) is 0 Å². The first-order valence-corrected chi connectivity index (χ1v) is 21.7. The maximum atomic E-state index is 11.9. The topological polar surface area (TPSA) is 89.2 Å². The number of carbonyl (C=O) groups excluding carboxylic acids is 3. The van der Waals surface area contributed by atoms with Gasteiger partial charge in [0.25, 0.3) is 17.7 Å². The molecule has 0 spiro atoms. The average Bonchev–Trinajstić information content (AvgIpc) is 3.61. The van der Waals surface area contributed by atoms with E-state index in [4.69, 9.17) is 0 Å². The molecule has 2 atom stereocenters. The first-order valence-electron chi connectivity index (χ1n) is 21.7. The highest BCUT2D eigenvalue weighted by Gasteiger charge is 2.23. The van der Waals surface area contributed by atoms with Crippen molar-refractivity contribution in [2.75, 3.05) is 13.1 Å². The Morgan fingerprint density at radius 1 is 0.412 bits per heavy atom. The van der Waals surface area contributed by atoms with Crippen LogP contribution in [-0.2, 0) is 14.4 Å². The van der Waals surface area contributed by atoms with Crippen molar-refractivity contribution in [2.45, 2.75) is 206 Å². The van der Waals surface area contributed by atoms with Crippen LogP contribution in [0.5, 0.6) is 0 Å². The van der Waals surface area contributed by atoms with E-state index < -0.39 is 0 Å². The summed E-state index contributed by atoms with van der Waals surface area (Å²) in [6.45, 7) is 9.99. The second-order valence-electron chi connectivity index (χ2n) is 15.6. The number of unbranched alkanes of at least 4 members (excludes halogenated alkanes) is 22. The van der Waals surface area contributed by atoms with Gasteiger partial charge in [-0.3, -0.25) is 19.3 Å². The lowest BCUT2D eigenvalue weighted by Gasteiger charge is -2.28. The quantitative estimate of drug-likeness (QED) is 0.0484. The molecule has 0 fully saturated rings. The number of nitrogens with zero attached hydrogens (tertiary/aromatic N) is 2. The third-order valence-corrected chi connectivity index (χ3v) is 11.4. The van der Waals surface area contributed by atoms with Crippen LogP contribution in [0.15, 0.2) is 36.6 Å². The fraction of sp³-hybridized carbons (Fsp3) is 0.800. The SMILES string of the molecule is C=C1C=CC(=O)N1CCCCCCCCCC(CCCCCCCC)C(CCCCCCCC)CCCCCCCCCN1C(=O)C=CC1=O.O. The van der Waals surface area contributed by atoms with E-state index in [1.807, 2.05) is 11.0 Å². The Balaban J connectivity index is 0.0000130. The Kier molecular flexibility index (Phi) is 28.8. The molecule has 0 radical (unpaired) electrons. The third kappa shape index (κ3) is 21.8. The summed E-state index contributed by atoms with van der Waals surface area (Å²) >= 11 is 0. The second kappa shape index (κ2) is 31.3. The molecular formula is C45H80N2O4. The summed E-state index contributed by atoms with van der Waals surface area (Å²) in [5, 5.41) is 0. The monoisotopic (exact) mass is 713 g/mol. The molecule has 2 heterocycles. The van der Waals surface area contributed by atoms with Crippen LogP contribution < -0.4 is 0 Å². The summed E-state index contributed by atoms with van der Waals surface area (Å²) in [6.07, 6.45) is 46.3. The molecule has 0 saturated heterocycles. The van der Waals surface area contributed by atoms with Gasteiger partial charge in [-0.2, -0.15) is 0 Å². The molecule has 0 aromatic rings. The molecular weight excluding hydrogens is 633 g/mol. The van der Waals surface area contributed by atoms with E-state index in [1.54, 1.807) is 6.08 Å². The Labute approximate surface area is 314 Å². The van der Waals surface area contributed by atoms with Crippen molar-refractivity contribution in [1.29, 1.82) is 0 Å². The van der Waals surface area contributed by atoms with Crippen molar-refractivity contribution in [2.24, 2.45) is 11.8 Å². The van der Waals surface area contributed by atoms with Crippen molar-refractivity contribution in [3.8, 4) is 0 Å². The molecule has 0 aromatic carbocycles. The van der Waals surface area contributed by atoms with Crippen LogP contribution in [-0.4, -0.2) is 46.1 Å². The second-order valence-corrected chi connectivity index (χ2v) is 15.6. The molecule has 0 saturated carbocycles. The molecule has 0 aliphatic carbocycles. The van der Waals surface area contributed by atoms with Gasteiger partial charge in [-0.15, -0.1) is 0 Å². The van der Waals surface area contributed by atoms with Crippen LogP contribution in [0, 0.1) is 11.8 Å². The Morgan fingerprint density at radius 2 is 0.686 bits per heavy atom. The van der Waals surface area contributed by atoms with E-state index in [2.05, 4.69) is 20.4 Å². The molecule has 2 N–H and O–H groups in total. The Hall–Kier alpha value is -2.21. The van der Waals surface area contributed by atoms with Gasteiger partial charge in [-0.05, 0) is 30.8 Å².